The van der Waals surface area contributed by atoms with E-state index in [4.69, 9.17) is 0 Å². The van der Waals surface area contributed by atoms with Crippen molar-refractivity contribution < 1.29 is 8.42 Å². The monoisotopic (exact) mass is 307 g/mol. The van der Waals surface area contributed by atoms with Crippen LogP contribution in [0.2, 0.25) is 0 Å². The molecule has 2 saturated heterocycles. The van der Waals surface area contributed by atoms with Crippen LogP contribution in [0.3, 0.4) is 0 Å². The third-order valence-electron chi connectivity index (χ3n) is 4.18. The highest BCUT2D eigenvalue weighted by molar-refractivity contribution is 7.99. The molecule has 0 aromatic heterocycles. The van der Waals surface area contributed by atoms with Gasteiger partial charge in [0.15, 0.2) is 0 Å². The first-order valence-corrected chi connectivity index (χ1v) is 9.56. The van der Waals surface area contributed by atoms with Crippen LogP contribution in [0.5, 0.6) is 0 Å². The van der Waals surface area contributed by atoms with E-state index in [1.165, 1.54) is 0 Å². The third-order valence-corrected chi connectivity index (χ3v) is 7.36. The number of nitrogens with one attached hydrogen (secondary N) is 1. The normalized spacial score (nSPS) is 27.2. The van der Waals surface area contributed by atoms with E-state index in [9.17, 15) is 8.42 Å². The quantitative estimate of drug-likeness (QED) is 0.808. The van der Waals surface area contributed by atoms with Crippen molar-refractivity contribution in [3.8, 4) is 0 Å². The van der Waals surface area contributed by atoms with Crippen LogP contribution in [0.1, 0.15) is 19.3 Å². The number of hydrogen-bond acceptors (Lipinski definition) is 4. The largest absolute Gasteiger partial charge is 0.319 e. The summed E-state index contributed by atoms with van der Waals surface area (Å²) in [6.07, 6.45) is 2.91. The zero-order valence-electron chi connectivity index (χ0n) is 11.8. The van der Waals surface area contributed by atoms with Gasteiger partial charge in [-0.3, -0.25) is 0 Å². The predicted molar refractivity (Wildman–Crippen MR) is 80.6 cm³/mol. The van der Waals surface area contributed by atoms with Crippen molar-refractivity contribution in [1.29, 1.82) is 0 Å². The molecule has 0 aromatic carbocycles. The van der Waals surface area contributed by atoms with Gasteiger partial charge in [0.2, 0.25) is 0 Å². The molecule has 19 heavy (non-hydrogen) atoms. The van der Waals surface area contributed by atoms with Crippen LogP contribution in [-0.2, 0) is 10.2 Å². The molecule has 1 unspecified atom stereocenters. The summed E-state index contributed by atoms with van der Waals surface area (Å²) in [4.78, 5) is 0. The zero-order valence-corrected chi connectivity index (χ0v) is 13.5. The molecule has 0 amide bonds. The van der Waals surface area contributed by atoms with Gasteiger partial charge in [-0.05, 0) is 44.5 Å². The average molecular weight is 307 g/mol. The molecule has 2 aliphatic heterocycles. The maximum absolute atomic E-state index is 12.6. The van der Waals surface area contributed by atoms with Crippen molar-refractivity contribution in [2.24, 2.45) is 5.92 Å². The van der Waals surface area contributed by atoms with Crippen molar-refractivity contribution in [3.05, 3.63) is 0 Å². The molecule has 1 atom stereocenters. The maximum Gasteiger partial charge on any atom is 0.282 e. The number of hydrogen-bond donors (Lipinski definition) is 1. The highest BCUT2D eigenvalue weighted by atomic mass is 32.2. The zero-order chi connectivity index (χ0) is 13.9. The highest BCUT2D eigenvalue weighted by Gasteiger charge is 2.35. The second-order valence-corrected chi connectivity index (χ2v) is 8.58. The molecule has 0 spiro atoms. The topological polar surface area (TPSA) is 52.7 Å². The molecule has 2 aliphatic rings. The summed E-state index contributed by atoms with van der Waals surface area (Å²) in [5, 5.41) is 3.18. The smallest absolute Gasteiger partial charge is 0.282 e. The fourth-order valence-electron chi connectivity index (χ4n) is 2.81. The summed E-state index contributed by atoms with van der Waals surface area (Å²) >= 11 is 1.85. The van der Waals surface area contributed by atoms with Gasteiger partial charge in [-0.2, -0.15) is 28.8 Å². The first kappa shape index (κ1) is 15.6. The van der Waals surface area contributed by atoms with E-state index in [2.05, 4.69) is 5.32 Å². The highest BCUT2D eigenvalue weighted by Crippen LogP contribution is 2.26. The summed E-state index contributed by atoms with van der Waals surface area (Å²) in [6, 6.07) is 0.185. The standard InChI is InChI=1S/C12H25N3O2S2/c1-13-9-11-3-6-15(7-4-11)19(16,17)14(2)12-5-8-18-10-12/h11-13H,3-10H2,1-2H3. The summed E-state index contributed by atoms with van der Waals surface area (Å²) in [5.41, 5.74) is 0. The van der Waals surface area contributed by atoms with E-state index in [-0.39, 0.29) is 6.04 Å². The lowest BCUT2D eigenvalue weighted by Gasteiger charge is -2.35. The Hall–Kier alpha value is 0.180. The van der Waals surface area contributed by atoms with Crippen LogP contribution in [-0.4, -0.2) is 68.3 Å². The Labute approximate surface area is 121 Å². The van der Waals surface area contributed by atoms with Crippen LogP contribution in [0.25, 0.3) is 0 Å². The van der Waals surface area contributed by atoms with E-state index in [0.717, 1.165) is 37.3 Å². The van der Waals surface area contributed by atoms with Crippen molar-refractivity contribution >= 4 is 22.0 Å². The number of piperidine rings is 1. The van der Waals surface area contributed by atoms with Crippen molar-refractivity contribution in [2.75, 3.05) is 45.2 Å². The van der Waals surface area contributed by atoms with Gasteiger partial charge >= 0.3 is 0 Å². The van der Waals surface area contributed by atoms with Gasteiger partial charge < -0.3 is 5.32 Å². The molecule has 7 heteroatoms. The third kappa shape index (κ3) is 3.64. The molecular formula is C12H25N3O2S2. The summed E-state index contributed by atoms with van der Waals surface area (Å²) in [6.45, 7) is 2.32. The van der Waals surface area contributed by atoms with E-state index < -0.39 is 10.2 Å². The lowest BCUT2D eigenvalue weighted by molar-refractivity contribution is 0.249. The first-order chi connectivity index (χ1) is 9.05. The van der Waals surface area contributed by atoms with Gasteiger partial charge in [0, 0.05) is 31.9 Å². The van der Waals surface area contributed by atoms with E-state index in [1.807, 2.05) is 18.8 Å². The van der Waals surface area contributed by atoms with E-state index in [1.54, 1.807) is 15.7 Å². The minimum absolute atomic E-state index is 0.185. The molecule has 2 heterocycles. The van der Waals surface area contributed by atoms with Crippen LogP contribution in [0.15, 0.2) is 0 Å². The van der Waals surface area contributed by atoms with E-state index in [0.29, 0.717) is 19.0 Å². The second-order valence-electron chi connectivity index (χ2n) is 5.44. The molecule has 0 saturated carbocycles. The minimum Gasteiger partial charge on any atom is -0.319 e. The van der Waals surface area contributed by atoms with Crippen LogP contribution in [0.4, 0.5) is 0 Å². The summed E-state index contributed by atoms with van der Waals surface area (Å²) in [5.74, 6) is 2.63. The molecule has 5 nitrogen and oxygen atoms in total. The molecule has 0 bridgehead atoms. The molecular weight excluding hydrogens is 282 g/mol. The Morgan fingerprint density at radius 2 is 2.00 bits per heavy atom. The molecule has 2 fully saturated rings. The second kappa shape index (κ2) is 6.76. The molecule has 0 aliphatic carbocycles. The maximum atomic E-state index is 12.6. The van der Waals surface area contributed by atoms with Crippen molar-refractivity contribution in [3.63, 3.8) is 0 Å². The van der Waals surface area contributed by atoms with Gasteiger partial charge in [0.1, 0.15) is 0 Å². The summed E-state index contributed by atoms with van der Waals surface area (Å²) in [7, 11) is 0.444. The minimum atomic E-state index is -3.25. The average Bonchev–Trinajstić information content (AvgIpc) is 2.92. The lowest BCUT2D eigenvalue weighted by atomic mass is 9.98. The fourth-order valence-corrected chi connectivity index (χ4v) is 5.77. The SMILES string of the molecule is CNCC1CCN(S(=O)(=O)N(C)C2CCSC2)CC1. The van der Waals surface area contributed by atoms with Gasteiger partial charge in [0.25, 0.3) is 10.2 Å². The van der Waals surface area contributed by atoms with Crippen molar-refractivity contribution in [2.45, 2.75) is 25.3 Å². The summed E-state index contributed by atoms with van der Waals surface area (Å²) < 4.78 is 28.4. The van der Waals surface area contributed by atoms with Gasteiger partial charge in [0.05, 0.1) is 0 Å². The van der Waals surface area contributed by atoms with Crippen LogP contribution >= 0.6 is 11.8 Å². The number of nitrogens with zero attached hydrogens (tertiary/aromatic N) is 2. The Bertz CT molecular complexity index is 374. The Balaban J connectivity index is 1.93. The molecule has 2 rings (SSSR count). The van der Waals surface area contributed by atoms with Gasteiger partial charge in [-0.25, -0.2) is 0 Å². The fraction of sp³-hybridized carbons (Fsp3) is 1.00. The van der Waals surface area contributed by atoms with Gasteiger partial charge in [-0.15, -0.1) is 0 Å². The Kier molecular flexibility index (Phi) is 5.54. The molecule has 0 radical (unpaired) electrons. The molecule has 1 N–H and O–H groups in total. The van der Waals surface area contributed by atoms with E-state index >= 15 is 0 Å². The van der Waals surface area contributed by atoms with Crippen molar-refractivity contribution in [1.82, 2.24) is 13.9 Å². The number of thioether (sulfide) groups is 1. The molecule has 0 aromatic rings. The van der Waals surface area contributed by atoms with Crippen LogP contribution < -0.4 is 5.32 Å². The van der Waals surface area contributed by atoms with Crippen LogP contribution in [0, 0.1) is 5.92 Å². The first-order valence-electron chi connectivity index (χ1n) is 7.01. The predicted octanol–water partition coefficient (Wildman–Crippen LogP) is 0.600. The lowest BCUT2D eigenvalue weighted by Crippen LogP contribution is -2.49. The Morgan fingerprint density at radius 1 is 1.32 bits per heavy atom. The molecule has 112 valence electrons. The Morgan fingerprint density at radius 3 is 2.53 bits per heavy atom. The van der Waals surface area contributed by atoms with Gasteiger partial charge in [-0.1, -0.05) is 0 Å². The number of rotatable bonds is 5.